The molecule has 0 radical (unpaired) electrons. The van der Waals surface area contributed by atoms with Crippen molar-refractivity contribution in [3.05, 3.63) is 209 Å². The van der Waals surface area contributed by atoms with Gasteiger partial charge in [-0.25, -0.2) is 0 Å². The molecule has 2 N–H and O–H groups in total. The number of rotatable bonds is 2. The smallest absolute Gasteiger partial charge is 0.380 e. The van der Waals surface area contributed by atoms with Crippen molar-refractivity contribution in [3.8, 4) is 23.0 Å². The molecule has 83 heavy (non-hydrogen) atoms. The van der Waals surface area contributed by atoms with E-state index in [4.69, 9.17) is 28.4 Å². The van der Waals surface area contributed by atoms with E-state index in [-0.39, 0.29) is 22.3 Å². The van der Waals surface area contributed by atoms with Gasteiger partial charge in [-0.15, -0.1) is 23.5 Å². The highest BCUT2D eigenvalue weighted by atomic mass is 32.2. The molecule has 0 saturated heterocycles. The fourth-order valence-corrected chi connectivity index (χ4v) is 16.9. The van der Waals surface area contributed by atoms with E-state index < -0.39 is 38.4 Å². The molecule has 6 aromatic rings. The summed E-state index contributed by atoms with van der Waals surface area (Å²) < 4.78 is 134. The van der Waals surface area contributed by atoms with Crippen LogP contribution in [-0.2, 0) is 48.2 Å². The third kappa shape index (κ3) is 8.89. The monoisotopic (exact) mass is 1170 g/mol. The summed E-state index contributed by atoms with van der Waals surface area (Å²) in [4.78, 5) is 1.13. The van der Waals surface area contributed by atoms with Gasteiger partial charge >= 0.3 is 17.8 Å². The molecule has 11 aliphatic rings. The number of hydrogen-bond donors (Lipinski definition) is 2. The standard InChI is InChI=1S/C67H62F6N2O6S2/c1-37-53-55-56(66(70,71)67(72,73)65(55,68)69)54-38(2)62-42-19-15-40(16-20-42)36-75-52-33-49-29-45-11-7-9-43-27-47-31-51(74-35-39-13-17-41(18-14-39)61(37)82-63(53,3)64(54,4)83-62)32-48(57(47)76-5)28-44-10-8-12-46(30-50(34-52)58(49)77-6)60(44)81-26-24-79-22-21-78-23-25-80-59(43)45/h7-20,31-34,74-75H,21-30,35-36H2,1-6H3. The van der Waals surface area contributed by atoms with Gasteiger partial charge in [0.15, 0.2) is 0 Å². The van der Waals surface area contributed by atoms with Gasteiger partial charge in [0.1, 0.15) is 36.2 Å². The summed E-state index contributed by atoms with van der Waals surface area (Å²) >= 11 is 2.57. The van der Waals surface area contributed by atoms with Crippen molar-refractivity contribution in [2.75, 3.05) is 64.5 Å². The third-order valence-electron chi connectivity index (χ3n) is 17.6. The Kier molecular flexibility index (Phi) is 13.9. The lowest BCUT2D eigenvalue weighted by Gasteiger charge is -2.48. The number of alkyl halides is 6. The van der Waals surface area contributed by atoms with Crippen molar-refractivity contribution >= 4 is 44.7 Å². The molecule has 16 heteroatoms. The van der Waals surface area contributed by atoms with Gasteiger partial charge in [-0.2, -0.15) is 26.3 Å². The van der Waals surface area contributed by atoms with Crippen molar-refractivity contribution in [3.63, 3.8) is 0 Å². The number of para-hydroxylation sites is 2. The molecule has 1 saturated carbocycles. The summed E-state index contributed by atoms with van der Waals surface area (Å²) in [6.45, 7) is 9.54. The summed E-state index contributed by atoms with van der Waals surface area (Å²) in [6, 6.07) is 36.2. The zero-order valence-corrected chi connectivity index (χ0v) is 48.5. The first-order valence-corrected chi connectivity index (χ1v) is 29.6. The predicted molar refractivity (Wildman–Crippen MR) is 316 cm³/mol. The lowest BCUT2D eigenvalue weighted by atomic mass is 9.68. The van der Waals surface area contributed by atoms with E-state index in [1.807, 2.05) is 48.5 Å². The highest BCUT2D eigenvalue weighted by Gasteiger charge is 2.85. The minimum atomic E-state index is -5.67. The number of ether oxygens (including phenoxy) is 6. The summed E-state index contributed by atoms with van der Waals surface area (Å²) in [6.07, 6.45) is 1.78. The molecule has 8 aliphatic heterocycles. The van der Waals surface area contributed by atoms with E-state index in [0.29, 0.717) is 99.4 Å². The van der Waals surface area contributed by atoms with Crippen molar-refractivity contribution in [2.45, 2.75) is 93.7 Å². The van der Waals surface area contributed by atoms with Crippen LogP contribution in [0.2, 0.25) is 0 Å². The molecule has 3 aliphatic carbocycles. The average Bonchev–Trinajstić information content (AvgIpc) is 1.50. The molecule has 8 heterocycles. The molecule has 1 fully saturated rings. The van der Waals surface area contributed by atoms with E-state index in [2.05, 4.69) is 71.3 Å². The largest absolute Gasteiger partial charge is 0.496 e. The Bertz CT molecular complexity index is 3450. The maximum atomic E-state index is 16.6. The Morgan fingerprint density at radius 2 is 0.783 bits per heavy atom. The highest BCUT2D eigenvalue weighted by molar-refractivity contribution is 8.14. The molecular formula is C67H62F6N2O6S2. The van der Waals surface area contributed by atoms with Gasteiger partial charge in [0.25, 0.3) is 0 Å². The average molecular weight is 1170 g/mol. The number of anilines is 2. The van der Waals surface area contributed by atoms with Gasteiger partial charge in [0.05, 0.1) is 50.1 Å². The molecular weight excluding hydrogens is 1110 g/mol. The number of benzene rings is 6. The van der Waals surface area contributed by atoms with Crippen LogP contribution in [0.25, 0.3) is 9.81 Å². The Labute approximate surface area is 487 Å². The zero-order valence-electron chi connectivity index (χ0n) is 46.9. The zero-order chi connectivity index (χ0) is 57.8. The Morgan fingerprint density at radius 3 is 1.12 bits per heavy atom. The fourth-order valence-electron chi connectivity index (χ4n) is 13.5. The second-order valence-electron chi connectivity index (χ2n) is 22.6. The number of hydrogen-bond acceptors (Lipinski definition) is 10. The predicted octanol–water partition coefficient (Wildman–Crippen LogP) is 15.4. The van der Waals surface area contributed by atoms with Gasteiger partial charge in [0, 0.05) is 93.4 Å². The van der Waals surface area contributed by atoms with E-state index in [1.165, 1.54) is 23.5 Å². The third-order valence-corrected chi connectivity index (χ3v) is 21.3. The number of methoxy groups -OCH3 is 2. The molecule has 0 spiro atoms. The number of allylic oxidation sites excluding steroid dienone is 4. The molecule has 17 rings (SSSR count). The van der Waals surface area contributed by atoms with Crippen LogP contribution in [-0.4, -0.2) is 81.1 Å². The van der Waals surface area contributed by atoms with E-state index in [1.54, 1.807) is 41.9 Å². The van der Waals surface area contributed by atoms with Gasteiger partial charge in [0.2, 0.25) is 0 Å². The van der Waals surface area contributed by atoms with E-state index >= 15 is 26.3 Å². The van der Waals surface area contributed by atoms with Gasteiger partial charge < -0.3 is 39.1 Å². The molecule has 0 aromatic heterocycles. The second kappa shape index (κ2) is 20.8. The van der Waals surface area contributed by atoms with Crippen LogP contribution in [0.4, 0.5) is 37.7 Å². The minimum Gasteiger partial charge on any atom is -0.496 e. The molecule has 2 unspecified atom stereocenters. The van der Waals surface area contributed by atoms with Crippen molar-refractivity contribution in [1.82, 2.24) is 0 Å². The van der Waals surface area contributed by atoms with Crippen LogP contribution in [0.3, 0.4) is 0 Å². The van der Waals surface area contributed by atoms with Crippen LogP contribution in [0.5, 0.6) is 23.0 Å². The van der Waals surface area contributed by atoms with Gasteiger partial charge in [-0.05, 0) is 119 Å². The first-order valence-electron chi connectivity index (χ1n) is 28.0. The first-order chi connectivity index (χ1) is 39.9. The summed E-state index contributed by atoms with van der Waals surface area (Å²) in [7, 11) is 3.39. The molecule has 2 atom stereocenters. The Morgan fingerprint density at radius 1 is 0.446 bits per heavy atom. The van der Waals surface area contributed by atoms with E-state index in [9.17, 15) is 0 Å². The second-order valence-corrected chi connectivity index (χ2v) is 25.5. The number of thioether (sulfide) groups is 2. The molecule has 6 aromatic carbocycles. The van der Waals surface area contributed by atoms with Crippen LogP contribution in [0.15, 0.2) is 143 Å². The van der Waals surface area contributed by atoms with Crippen LogP contribution >= 0.6 is 23.5 Å². The summed E-state index contributed by atoms with van der Waals surface area (Å²) in [5.41, 5.74) is 9.97. The van der Waals surface area contributed by atoms with Crippen LogP contribution in [0.1, 0.15) is 94.5 Å². The van der Waals surface area contributed by atoms with Crippen LogP contribution in [0, 0.1) is 0 Å². The lowest BCUT2D eigenvalue weighted by molar-refractivity contribution is -0.258. The minimum absolute atomic E-state index is 0.159. The topological polar surface area (TPSA) is 79.4 Å². The van der Waals surface area contributed by atoms with Crippen LogP contribution < -0.4 is 29.6 Å². The first kappa shape index (κ1) is 55.5. The fraction of sp³-hybridized carbons (Fsp3) is 0.343. The molecule has 20 bridgehead atoms. The van der Waals surface area contributed by atoms with Crippen molar-refractivity contribution in [2.24, 2.45) is 0 Å². The SMILES string of the molecule is COc1c2cc3cc1Cc1cccc4c1OCCOCCOCCOc1c(cccc1Cc1cc(cc(c1OC)C4)NCc1ccc(cc1)C1=C(C)C4=C5C(=C6C(C)=C(SC6(C)C4(C)S1)c1ccc(cc1)CN3)C(F)(F)C(F)(F)C5(F)F)C2. The number of halogens is 6. The van der Waals surface area contributed by atoms with Crippen molar-refractivity contribution < 1.29 is 54.8 Å². The number of nitrogens with one attached hydrogen (secondary N) is 2. The molecule has 0 amide bonds. The Hall–Kier alpha value is -6.72. The molecule has 430 valence electrons. The van der Waals surface area contributed by atoms with E-state index in [0.717, 1.165) is 90.0 Å². The van der Waals surface area contributed by atoms with Gasteiger partial charge in [-0.1, -0.05) is 84.9 Å². The number of fused-ring (bicyclic) bond motifs is 2. The maximum absolute atomic E-state index is 16.6. The molecule has 8 nitrogen and oxygen atoms in total. The quantitative estimate of drug-likeness (QED) is 0.163. The lowest BCUT2D eigenvalue weighted by Crippen LogP contribution is -2.49. The summed E-state index contributed by atoms with van der Waals surface area (Å²) in [5, 5.41) is 7.38. The normalized spacial score (nSPS) is 23.2. The Balaban J connectivity index is 1.01. The highest BCUT2D eigenvalue weighted by Crippen LogP contribution is 2.77. The van der Waals surface area contributed by atoms with Gasteiger partial charge in [-0.3, -0.25) is 0 Å². The summed E-state index contributed by atoms with van der Waals surface area (Å²) in [5.74, 6) is -13.1. The van der Waals surface area contributed by atoms with Crippen molar-refractivity contribution in [1.29, 1.82) is 0 Å². The maximum Gasteiger partial charge on any atom is 0.380 e.